The van der Waals surface area contributed by atoms with Crippen LogP contribution in [0.25, 0.3) is 0 Å². The molecule has 0 saturated heterocycles. The van der Waals surface area contributed by atoms with E-state index in [1.54, 1.807) is 0 Å². The lowest BCUT2D eigenvalue weighted by atomic mass is 9.95. The summed E-state index contributed by atoms with van der Waals surface area (Å²) < 4.78 is 1.52. The van der Waals surface area contributed by atoms with E-state index in [-0.39, 0.29) is 28.4 Å². The SMILES string of the molecule is N#Cc1cn(C2CCCCC2)c(=O)c(C#N)c1N. The van der Waals surface area contributed by atoms with Gasteiger partial charge in [0.05, 0.1) is 11.3 Å². The Balaban J connectivity index is 2.58. The van der Waals surface area contributed by atoms with Crippen molar-refractivity contribution in [3.8, 4) is 12.1 Å². The van der Waals surface area contributed by atoms with Gasteiger partial charge in [0, 0.05) is 12.2 Å². The van der Waals surface area contributed by atoms with Crippen molar-refractivity contribution in [1.82, 2.24) is 4.57 Å². The number of rotatable bonds is 1. The molecule has 0 radical (unpaired) electrons. The van der Waals surface area contributed by atoms with Crippen LogP contribution in [0.1, 0.15) is 49.3 Å². The number of nitrogens with zero attached hydrogens (tertiary/aromatic N) is 3. The Labute approximate surface area is 105 Å². The van der Waals surface area contributed by atoms with Crippen LogP contribution in [0.2, 0.25) is 0 Å². The number of hydrogen-bond acceptors (Lipinski definition) is 4. The largest absolute Gasteiger partial charge is 0.396 e. The van der Waals surface area contributed by atoms with Crippen LogP contribution >= 0.6 is 0 Å². The number of nitriles is 2. The zero-order valence-corrected chi connectivity index (χ0v) is 10.0. The summed E-state index contributed by atoms with van der Waals surface area (Å²) in [7, 11) is 0. The standard InChI is InChI=1S/C13H14N4O/c14-6-9-8-17(10-4-2-1-3-5-10)13(18)11(7-15)12(9)16/h8,10H,1-5,16H2. The fraction of sp³-hybridized carbons (Fsp3) is 0.462. The first-order valence-electron chi connectivity index (χ1n) is 6.04. The number of aromatic nitrogens is 1. The van der Waals surface area contributed by atoms with Crippen LogP contribution in [0.5, 0.6) is 0 Å². The van der Waals surface area contributed by atoms with Gasteiger partial charge < -0.3 is 10.3 Å². The predicted molar refractivity (Wildman–Crippen MR) is 66.7 cm³/mol. The van der Waals surface area contributed by atoms with Crippen molar-refractivity contribution in [2.24, 2.45) is 0 Å². The molecule has 5 nitrogen and oxygen atoms in total. The van der Waals surface area contributed by atoms with E-state index in [0.717, 1.165) is 25.7 Å². The zero-order chi connectivity index (χ0) is 13.1. The number of pyridine rings is 1. The topological polar surface area (TPSA) is 95.6 Å². The van der Waals surface area contributed by atoms with Crippen LogP contribution in [-0.2, 0) is 0 Å². The van der Waals surface area contributed by atoms with E-state index in [9.17, 15) is 4.79 Å². The summed E-state index contributed by atoms with van der Waals surface area (Å²) in [5, 5.41) is 18.0. The van der Waals surface area contributed by atoms with E-state index in [0.29, 0.717) is 0 Å². The van der Waals surface area contributed by atoms with Gasteiger partial charge in [0.15, 0.2) is 0 Å². The molecule has 0 atom stereocenters. The van der Waals surface area contributed by atoms with Crippen molar-refractivity contribution in [3.05, 3.63) is 27.7 Å². The average Bonchev–Trinajstić information content (AvgIpc) is 2.41. The van der Waals surface area contributed by atoms with Crippen LogP contribution in [0, 0.1) is 22.7 Å². The fourth-order valence-corrected chi connectivity index (χ4v) is 2.47. The van der Waals surface area contributed by atoms with Gasteiger partial charge in [-0.05, 0) is 12.8 Å². The third kappa shape index (κ3) is 1.96. The van der Waals surface area contributed by atoms with Gasteiger partial charge in [0.2, 0.25) is 0 Å². The molecular formula is C13H14N4O. The highest BCUT2D eigenvalue weighted by Gasteiger charge is 2.20. The molecule has 1 aliphatic rings. The second-order valence-electron chi connectivity index (χ2n) is 4.56. The van der Waals surface area contributed by atoms with E-state index in [1.807, 2.05) is 12.1 Å². The summed E-state index contributed by atoms with van der Waals surface area (Å²) in [6.07, 6.45) is 6.65. The predicted octanol–water partition coefficient (Wildman–Crippen LogP) is 1.68. The molecule has 1 aliphatic carbocycles. The first kappa shape index (κ1) is 12.2. The molecule has 5 heteroatoms. The number of nitrogen functional groups attached to an aromatic ring is 1. The van der Waals surface area contributed by atoms with Crippen LogP contribution in [0.4, 0.5) is 5.69 Å². The molecule has 2 N–H and O–H groups in total. The van der Waals surface area contributed by atoms with Crippen molar-refractivity contribution >= 4 is 5.69 Å². The molecule has 1 fully saturated rings. The summed E-state index contributed by atoms with van der Waals surface area (Å²) in [5.41, 5.74) is 5.36. The second-order valence-corrected chi connectivity index (χ2v) is 4.56. The van der Waals surface area contributed by atoms with Crippen LogP contribution in [0.3, 0.4) is 0 Å². The van der Waals surface area contributed by atoms with Gasteiger partial charge in [-0.25, -0.2) is 0 Å². The Morgan fingerprint density at radius 2 is 1.89 bits per heavy atom. The van der Waals surface area contributed by atoms with Crippen LogP contribution in [-0.4, -0.2) is 4.57 Å². The van der Waals surface area contributed by atoms with E-state index >= 15 is 0 Å². The maximum atomic E-state index is 12.1. The van der Waals surface area contributed by atoms with Crippen molar-refractivity contribution < 1.29 is 0 Å². The Bertz CT molecular complexity index is 597. The highest BCUT2D eigenvalue weighted by molar-refractivity contribution is 5.62. The van der Waals surface area contributed by atoms with Gasteiger partial charge in [-0.2, -0.15) is 10.5 Å². The highest BCUT2D eigenvalue weighted by atomic mass is 16.1. The minimum atomic E-state index is -0.374. The van der Waals surface area contributed by atoms with Gasteiger partial charge in [0.25, 0.3) is 5.56 Å². The van der Waals surface area contributed by atoms with Crippen molar-refractivity contribution in [1.29, 1.82) is 10.5 Å². The van der Waals surface area contributed by atoms with Gasteiger partial charge in [-0.15, -0.1) is 0 Å². The summed E-state index contributed by atoms with van der Waals surface area (Å²) in [6.45, 7) is 0. The minimum absolute atomic E-state index is 0.00272. The second kappa shape index (κ2) is 4.93. The van der Waals surface area contributed by atoms with E-state index < -0.39 is 0 Å². The summed E-state index contributed by atoms with van der Waals surface area (Å²) in [6, 6.07) is 3.84. The molecule has 0 amide bonds. The molecule has 0 aromatic carbocycles. The molecule has 92 valence electrons. The van der Waals surface area contributed by atoms with E-state index in [4.69, 9.17) is 16.3 Å². The first-order chi connectivity index (χ1) is 8.69. The number of nitrogens with two attached hydrogens (primary N) is 1. The molecular weight excluding hydrogens is 228 g/mol. The quantitative estimate of drug-likeness (QED) is 0.810. The molecule has 1 aromatic rings. The molecule has 0 spiro atoms. The summed E-state index contributed by atoms with van der Waals surface area (Å²) in [5.74, 6) is 0. The highest BCUT2D eigenvalue weighted by Crippen LogP contribution is 2.28. The van der Waals surface area contributed by atoms with Crippen molar-refractivity contribution in [2.75, 3.05) is 5.73 Å². The maximum absolute atomic E-state index is 12.1. The smallest absolute Gasteiger partial charge is 0.270 e. The van der Waals surface area contributed by atoms with Gasteiger partial charge in [-0.3, -0.25) is 4.79 Å². The van der Waals surface area contributed by atoms with Gasteiger partial charge in [0.1, 0.15) is 17.7 Å². The molecule has 0 bridgehead atoms. The van der Waals surface area contributed by atoms with Crippen molar-refractivity contribution in [2.45, 2.75) is 38.1 Å². The minimum Gasteiger partial charge on any atom is -0.396 e. The molecule has 1 heterocycles. The summed E-state index contributed by atoms with van der Waals surface area (Å²) >= 11 is 0. The lowest BCUT2D eigenvalue weighted by molar-refractivity contribution is 0.346. The van der Waals surface area contributed by atoms with Crippen LogP contribution < -0.4 is 11.3 Å². The third-order valence-electron chi connectivity index (χ3n) is 3.48. The molecule has 2 rings (SSSR count). The molecule has 18 heavy (non-hydrogen) atoms. The molecule has 1 saturated carbocycles. The zero-order valence-electron chi connectivity index (χ0n) is 10.0. The van der Waals surface area contributed by atoms with E-state index in [1.165, 1.54) is 17.2 Å². The van der Waals surface area contributed by atoms with Gasteiger partial charge >= 0.3 is 0 Å². The average molecular weight is 242 g/mol. The third-order valence-corrected chi connectivity index (χ3v) is 3.48. The number of hydrogen-bond donors (Lipinski definition) is 1. The van der Waals surface area contributed by atoms with Crippen molar-refractivity contribution in [3.63, 3.8) is 0 Å². The van der Waals surface area contributed by atoms with E-state index in [2.05, 4.69) is 0 Å². The number of anilines is 1. The Kier molecular flexibility index (Phi) is 3.34. The Hall–Kier alpha value is -2.27. The first-order valence-corrected chi connectivity index (χ1v) is 6.04. The fourth-order valence-electron chi connectivity index (χ4n) is 2.47. The normalized spacial score (nSPS) is 15.9. The van der Waals surface area contributed by atoms with Gasteiger partial charge in [-0.1, -0.05) is 19.3 Å². The lowest BCUT2D eigenvalue weighted by Gasteiger charge is -2.24. The van der Waals surface area contributed by atoms with Crippen LogP contribution in [0.15, 0.2) is 11.0 Å². The Morgan fingerprint density at radius 1 is 1.22 bits per heavy atom. The maximum Gasteiger partial charge on any atom is 0.270 e. The summed E-state index contributed by atoms with van der Waals surface area (Å²) in [4.78, 5) is 12.1. The molecule has 0 unspecified atom stereocenters. The Morgan fingerprint density at radius 3 is 2.44 bits per heavy atom. The molecule has 0 aliphatic heterocycles. The molecule has 1 aromatic heterocycles. The monoisotopic (exact) mass is 242 g/mol. The lowest BCUT2D eigenvalue weighted by Crippen LogP contribution is -2.29.